The van der Waals surface area contributed by atoms with Crippen molar-refractivity contribution in [1.82, 2.24) is 14.9 Å². The number of nitro groups is 1. The van der Waals surface area contributed by atoms with Gasteiger partial charge in [-0.15, -0.1) is 0 Å². The molecule has 0 saturated carbocycles. The van der Waals surface area contributed by atoms with Gasteiger partial charge >= 0.3 is 5.69 Å². The fourth-order valence-corrected chi connectivity index (χ4v) is 2.33. The molecular weight excluding hydrogens is 286 g/mol. The van der Waals surface area contributed by atoms with Gasteiger partial charge in [-0.05, 0) is 24.9 Å². The van der Waals surface area contributed by atoms with Crippen LogP contribution in [0.3, 0.4) is 0 Å². The maximum Gasteiger partial charge on any atom is 0.332 e. The normalized spacial score (nSPS) is 16.2. The van der Waals surface area contributed by atoms with E-state index in [0.29, 0.717) is 19.5 Å². The monoisotopic (exact) mass is 299 g/mol. The molecule has 9 heteroatoms. The van der Waals surface area contributed by atoms with Crippen LogP contribution in [-0.4, -0.2) is 52.4 Å². The van der Waals surface area contributed by atoms with Crippen molar-refractivity contribution in [3.8, 4) is 0 Å². The summed E-state index contributed by atoms with van der Waals surface area (Å²) < 4.78 is 0. The molecule has 0 bridgehead atoms. The Bertz CT molecular complexity index is 565. The summed E-state index contributed by atoms with van der Waals surface area (Å²) in [5, 5.41) is 11.1. The molecule has 1 saturated heterocycles. The molecule has 0 radical (unpaired) electrons. The minimum absolute atomic E-state index is 0.0458. The van der Waals surface area contributed by atoms with Crippen molar-refractivity contribution in [2.75, 3.05) is 31.6 Å². The highest BCUT2D eigenvalue weighted by Crippen LogP contribution is 2.30. The van der Waals surface area contributed by atoms with Crippen LogP contribution >= 0.6 is 11.6 Å². The van der Waals surface area contributed by atoms with Crippen molar-refractivity contribution in [3.63, 3.8) is 0 Å². The Balaban J connectivity index is 2.45. The summed E-state index contributed by atoms with van der Waals surface area (Å²) in [6.45, 7) is 2.66. The third kappa shape index (κ3) is 2.79. The van der Waals surface area contributed by atoms with E-state index in [1.54, 1.807) is 16.8 Å². The number of nitrogens with zero attached hydrogens (tertiary/aromatic N) is 5. The molecule has 1 fully saturated rings. The number of aromatic nitrogens is 2. The number of hydrogen-bond acceptors (Lipinski definition) is 6. The number of halogens is 1. The Morgan fingerprint density at radius 1 is 1.35 bits per heavy atom. The van der Waals surface area contributed by atoms with Crippen LogP contribution in [0.15, 0.2) is 0 Å². The lowest BCUT2D eigenvalue weighted by Gasteiger charge is -2.20. The van der Waals surface area contributed by atoms with E-state index in [2.05, 4.69) is 9.97 Å². The molecular formula is C11H14ClN5O3. The topological polar surface area (TPSA) is 92.5 Å². The number of carbonyl (C=O) groups excluding carboxylic acids is 1. The molecule has 0 spiro atoms. The van der Waals surface area contributed by atoms with Crippen LogP contribution in [0.5, 0.6) is 0 Å². The Kier molecular flexibility index (Phi) is 4.03. The average Bonchev–Trinajstić information content (AvgIpc) is 2.50. The number of amides is 1. The van der Waals surface area contributed by atoms with Gasteiger partial charge in [0.2, 0.25) is 17.0 Å². The van der Waals surface area contributed by atoms with Gasteiger partial charge in [-0.1, -0.05) is 0 Å². The highest BCUT2D eigenvalue weighted by atomic mass is 35.5. The Labute approximate surface area is 120 Å². The van der Waals surface area contributed by atoms with E-state index in [1.807, 2.05) is 0 Å². The predicted molar refractivity (Wildman–Crippen MR) is 72.9 cm³/mol. The highest BCUT2D eigenvalue weighted by Gasteiger charge is 2.29. The number of anilines is 1. The summed E-state index contributed by atoms with van der Waals surface area (Å²) in [6.07, 6.45) is 0.708. The van der Waals surface area contributed by atoms with E-state index in [1.165, 1.54) is 6.92 Å². The maximum absolute atomic E-state index is 11.9. The first kappa shape index (κ1) is 14.4. The van der Waals surface area contributed by atoms with E-state index in [0.717, 1.165) is 0 Å². The van der Waals surface area contributed by atoms with E-state index in [9.17, 15) is 14.9 Å². The molecule has 8 nitrogen and oxygen atoms in total. The zero-order valence-electron chi connectivity index (χ0n) is 11.2. The molecule has 0 unspecified atom stereocenters. The SMILES string of the molecule is Cc1nc(Cl)nc(N2CCCN(C)C(=O)C2)c1[N+](=O)[O-]. The summed E-state index contributed by atoms with van der Waals surface area (Å²) in [4.78, 5) is 33.5. The van der Waals surface area contributed by atoms with Gasteiger partial charge in [0, 0.05) is 20.1 Å². The van der Waals surface area contributed by atoms with E-state index >= 15 is 0 Å². The zero-order valence-corrected chi connectivity index (χ0v) is 11.9. The average molecular weight is 300 g/mol. The van der Waals surface area contributed by atoms with E-state index < -0.39 is 4.92 Å². The van der Waals surface area contributed by atoms with Crippen molar-refractivity contribution in [3.05, 3.63) is 21.1 Å². The quantitative estimate of drug-likeness (QED) is 0.460. The zero-order chi connectivity index (χ0) is 14.9. The summed E-state index contributed by atoms with van der Waals surface area (Å²) in [7, 11) is 1.71. The molecule has 1 aliphatic heterocycles. The maximum atomic E-state index is 11.9. The summed E-state index contributed by atoms with van der Waals surface area (Å²) in [6, 6.07) is 0. The predicted octanol–water partition coefficient (Wildman–Crippen LogP) is 1.02. The number of aryl methyl sites for hydroxylation is 1. The van der Waals surface area contributed by atoms with Crippen molar-refractivity contribution >= 4 is 29.0 Å². The van der Waals surface area contributed by atoms with Crippen LogP contribution < -0.4 is 4.90 Å². The van der Waals surface area contributed by atoms with Gasteiger partial charge in [-0.2, -0.15) is 4.98 Å². The molecule has 2 heterocycles. The first-order valence-electron chi connectivity index (χ1n) is 6.07. The first-order valence-corrected chi connectivity index (χ1v) is 6.45. The van der Waals surface area contributed by atoms with Crippen LogP contribution in [0.1, 0.15) is 12.1 Å². The van der Waals surface area contributed by atoms with Gasteiger partial charge in [0.05, 0.1) is 11.5 Å². The number of hydrogen-bond donors (Lipinski definition) is 0. The molecule has 1 aliphatic rings. The minimum Gasteiger partial charge on any atom is -0.344 e. The van der Waals surface area contributed by atoms with Crippen molar-refractivity contribution in [1.29, 1.82) is 0 Å². The second-order valence-corrected chi connectivity index (χ2v) is 4.94. The fraction of sp³-hybridized carbons (Fsp3) is 0.545. The Morgan fingerprint density at radius 3 is 2.70 bits per heavy atom. The van der Waals surface area contributed by atoms with Gasteiger partial charge < -0.3 is 9.80 Å². The van der Waals surface area contributed by atoms with Crippen LogP contribution in [-0.2, 0) is 4.79 Å². The summed E-state index contributed by atoms with van der Waals surface area (Å²) >= 11 is 5.79. The van der Waals surface area contributed by atoms with Crippen LogP contribution in [0.4, 0.5) is 11.5 Å². The lowest BCUT2D eigenvalue weighted by atomic mass is 10.3. The van der Waals surface area contributed by atoms with Gasteiger partial charge in [0.15, 0.2) is 0 Å². The van der Waals surface area contributed by atoms with Gasteiger partial charge in [0.1, 0.15) is 5.69 Å². The smallest absolute Gasteiger partial charge is 0.332 e. The van der Waals surface area contributed by atoms with Gasteiger partial charge in [-0.25, -0.2) is 4.98 Å². The van der Waals surface area contributed by atoms with Crippen LogP contribution in [0, 0.1) is 17.0 Å². The largest absolute Gasteiger partial charge is 0.344 e. The third-order valence-electron chi connectivity index (χ3n) is 3.17. The third-order valence-corrected chi connectivity index (χ3v) is 3.34. The molecule has 1 aromatic rings. The van der Waals surface area contributed by atoms with Crippen molar-refractivity contribution in [2.45, 2.75) is 13.3 Å². The number of likely N-dealkylation sites (N-methyl/N-ethyl adjacent to an activating group) is 1. The highest BCUT2D eigenvalue weighted by molar-refractivity contribution is 6.28. The number of rotatable bonds is 2. The molecule has 1 amide bonds. The molecule has 0 aromatic carbocycles. The lowest BCUT2D eigenvalue weighted by molar-refractivity contribution is -0.385. The second-order valence-electron chi connectivity index (χ2n) is 4.60. The van der Waals surface area contributed by atoms with Gasteiger partial charge in [-0.3, -0.25) is 14.9 Å². The fourth-order valence-electron chi connectivity index (χ4n) is 2.12. The number of carbonyl (C=O) groups is 1. The molecule has 1 aromatic heterocycles. The van der Waals surface area contributed by atoms with E-state index in [4.69, 9.17) is 11.6 Å². The van der Waals surface area contributed by atoms with Crippen molar-refractivity contribution < 1.29 is 9.72 Å². The van der Waals surface area contributed by atoms with E-state index in [-0.39, 0.29) is 34.9 Å². The second kappa shape index (κ2) is 5.58. The summed E-state index contributed by atoms with van der Waals surface area (Å²) in [5.41, 5.74) is -0.0122. The molecule has 20 heavy (non-hydrogen) atoms. The Morgan fingerprint density at radius 2 is 2.05 bits per heavy atom. The molecule has 0 N–H and O–H groups in total. The summed E-state index contributed by atoms with van der Waals surface area (Å²) in [5.74, 6) is 0.000311. The standard InChI is InChI=1S/C11H14ClN5O3/c1-7-9(17(19)20)10(14-11(12)13-7)16-5-3-4-15(2)8(18)6-16/h3-6H2,1-2H3. The Hall–Kier alpha value is -1.96. The molecule has 108 valence electrons. The van der Waals surface area contributed by atoms with Gasteiger partial charge in [0.25, 0.3) is 0 Å². The first-order chi connectivity index (χ1) is 9.40. The molecule has 2 rings (SSSR count). The van der Waals surface area contributed by atoms with Crippen LogP contribution in [0.2, 0.25) is 5.28 Å². The molecule has 0 aliphatic carbocycles. The molecule has 0 atom stereocenters. The lowest BCUT2D eigenvalue weighted by Crippen LogP contribution is -2.35. The minimum atomic E-state index is -0.542. The van der Waals surface area contributed by atoms with Crippen molar-refractivity contribution in [2.24, 2.45) is 0 Å². The van der Waals surface area contributed by atoms with Crippen LogP contribution in [0.25, 0.3) is 0 Å².